The normalized spacial score (nSPS) is 28.6. The zero-order valence-corrected chi connectivity index (χ0v) is 8.81. The van der Waals surface area contributed by atoms with Gasteiger partial charge in [0.15, 0.2) is 11.9 Å². The van der Waals surface area contributed by atoms with Gasteiger partial charge in [-0.05, 0) is 19.4 Å². The molecular weight excluding hydrogens is 190 g/mol. The van der Waals surface area contributed by atoms with Gasteiger partial charge in [0.2, 0.25) is 0 Å². The van der Waals surface area contributed by atoms with Crippen molar-refractivity contribution >= 4 is 0 Å². The molecule has 0 bridgehead atoms. The molecule has 2 rings (SSSR count). The van der Waals surface area contributed by atoms with Crippen LogP contribution in [0.5, 0.6) is 0 Å². The molecule has 0 saturated carbocycles. The van der Waals surface area contributed by atoms with Gasteiger partial charge in [-0.1, -0.05) is 30.3 Å². The van der Waals surface area contributed by atoms with E-state index in [0.29, 0.717) is 0 Å². The Morgan fingerprint density at radius 2 is 1.87 bits per heavy atom. The van der Waals surface area contributed by atoms with Crippen LogP contribution in [0, 0.1) is 11.3 Å². The first kappa shape index (κ1) is 10.2. The van der Waals surface area contributed by atoms with Crippen LogP contribution in [0.2, 0.25) is 0 Å². The largest absolute Gasteiger partial charge is 0.339 e. The SMILES string of the molecule is CC1(C)O[C@H](c2ccccc2)[C@@H](C#N)O1. The third kappa shape index (κ3) is 2.01. The summed E-state index contributed by atoms with van der Waals surface area (Å²) in [5.41, 5.74) is 0.981. The highest BCUT2D eigenvalue weighted by Gasteiger charge is 2.42. The molecule has 0 aliphatic carbocycles. The summed E-state index contributed by atoms with van der Waals surface area (Å²) in [4.78, 5) is 0. The van der Waals surface area contributed by atoms with Gasteiger partial charge in [-0.25, -0.2) is 0 Å². The molecule has 0 unspecified atom stereocenters. The molecule has 1 heterocycles. The van der Waals surface area contributed by atoms with Crippen LogP contribution in [-0.4, -0.2) is 11.9 Å². The summed E-state index contributed by atoms with van der Waals surface area (Å²) in [5.74, 6) is -0.680. The summed E-state index contributed by atoms with van der Waals surface area (Å²) in [7, 11) is 0. The van der Waals surface area contributed by atoms with Crippen LogP contribution in [0.4, 0.5) is 0 Å². The van der Waals surface area contributed by atoms with Crippen molar-refractivity contribution in [1.29, 1.82) is 5.26 Å². The molecule has 1 aromatic rings. The first-order valence-corrected chi connectivity index (χ1v) is 4.92. The smallest absolute Gasteiger partial charge is 0.177 e. The highest BCUT2D eigenvalue weighted by atomic mass is 16.7. The first-order chi connectivity index (χ1) is 7.12. The lowest BCUT2D eigenvalue weighted by Gasteiger charge is -2.16. The number of rotatable bonds is 1. The van der Waals surface area contributed by atoms with E-state index < -0.39 is 11.9 Å². The molecule has 1 aromatic carbocycles. The predicted octanol–water partition coefficient (Wildman–Crippen LogP) is 2.40. The van der Waals surface area contributed by atoms with Gasteiger partial charge in [-0.3, -0.25) is 0 Å². The zero-order valence-electron chi connectivity index (χ0n) is 8.81. The van der Waals surface area contributed by atoms with Crippen molar-refractivity contribution in [3.8, 4) is 6.07 Å². The first-order valence-electron chi connectivity index (χ1n) is 4.92. The van der Waals surface area contributed by atoms with Crippen molar-refractivity contribution < 1.29 is 9.47 Å². The molecule has 15 heavy (non-hydrogen) atoms. The Morgan fingerprint density at radius 1 is 1.20 bits per heavy atom. The maximum absolute atomic E-state index is 8.97. The van der Waals surface area contributed by atoms with E-state index in [0.717, 1.165) is 5.56 Å². The summed E-state index contributed by atoms with van der Waals surface area (Å²) in [6.45, 7) is 3.64. The second-order valence-corrected chi connectivity index (χ2v) is 4.02. The fourth-order valence-electron chi connectivity index (χ4n) is 1.74. The van der Waals surface area contributed by atoms with E-state index in [9.17, 15) is 0 Å². The number of hydrogen-bond donors (Lipinski definition) is 0. The van der Waals surface area contributed by atoms with E-state index in [1.165, 1.54) is 0 Å². The van der Waals surface area contributed by atoms with Gasteiger partial charge < -0.3 is 9.47 Å². The Hall–Kier alpha value is -1.37. The lowest BCUT2D eigenvalue weighted by Crippen LogP contribution is -2.20. The molecule has 0 spiro atoms. The van der Waals surface area contributed by atoms with Crippen LogP contribution >= 0.6 is 0 Å². The monoisotopic (exact) mass is 203 g/mol. The summed E-state index contributed by atoms with van der Waals surface area (Å²) >= 11 is 0. The number of ether oxygens (including phenoxy) is 2. The fraction of sp³-hybridized carbons (Fsp3) is 0.417. The van der Waals surface area contributed by atoms with Gasteiger partial charge in [0, 0.05) is 0 Å². The second kappa shape index (κ2) is 3.65. The van der Waals surface area contributed by atoms with E-state index in [1.807, 2.05) is 44.2 Å². The van der Waals surface area contributed by atoms with Crippen LogP contribution in [0.25, 0.3) is 0 Å². The van der Waals surface area contributed by atoms with Crippen LogP contribution in [0.3, 0.4) is 0 Å². The lowest BCUT2D eigenvalue weighted by molar-refractivity contribution is -0.143. The van der Waals surface area contributed by atoms with E-state index in [-0.39, 0.29) is 6.10 Å². The minimum Gasteiger partial charge on any atom is -0.339 e. The average molecular weight is 203 g/mol. The number of nitrogens with zero attached hydrogens (tertiary/aromatic N) is 1. The molecular formula is C12H13NO2. The minimum atomic E-state index is -0.680. The molecule has 1 saturated heterocycles. The standard InChI is InChI=1S/C12H13NO2/c1-12(2)14-10(8-13)11(15-12)9-6-4-3-5-7-9/h3-7,10-11H,1-2H3/t10-,11-/m1/s1. The van der Waals surface area contributed by atoms with Crippen molar-refractivity contribution in [2.24, 2.45) is 0 Å². The molecule has 3 nitrogen and oxygen atoms in total. The maximum atomic E-state index is 8.97. The van der Waals surface area contributed by atoms with Crippen LogP contribution in [-0.2, 0) is 9.47 Å². The predicted molar refractivity (Wildman–Crippen MR) is 54.8 cm³/mol. The van der Waals surface area contributed by atoms with Gasteiger partial charge in [-0.15, -0.1) is 0 Å². The maximum Gasteiger partial charge on any atom is 0.177 e. The van der Waals surface area contributed by atoms with Crippen LogP contribution in [0.15, 0.2) is 30.3 Å². The molecule has 1 aliphatic rings. The molecule has 0 radical (unpaired) electrons. The van der Waals surface area contributed by atoms with Crippen molar-refractivity contribution in [3.05, 3.63) is 35.9 Å². The Kier molecular flexibility index (Phi) is 2.47. The third-order valence-electron chi connectivity index (χ3n) is 2.35. The Bertz CT molecular complexity index is 380. The second-order valence-electron chi connectivity index (χ2n) is 4.02. The van der Waals surface area contributed by atoms with E-state index in [4.69, 9.17) is 14.7 Å². The van der Waals surface area contributed by atoms with Gasteiger partial charge in [0.25, 0.3) is 0 Å². The summed E-state index contributed by atoms with van der Waals surface area (Å²) in [6, 6.07) is 11.8. The lowest BCUT2D eigenvalue weighted by atomic mass is 10.1. The summed E-state index contributed by atoms with van der Waals surface area (Å²) in [6.07, 6.45) is -0.811. The number of nitriles is 1. The summed E-state index contributed by atoms with van der Waals surface area (Å²) < 4.78 is 11.2. The molecule has 3 heteroatoms. The Labute approximate surface area is 89.2 Å². The molecule has 2 atom stereocenters. The van der Waals surface area contributed by atoms with Crippen molar-refractivity contribution in [3.63, 3.8) is 0 Å². The third-order valence-corrected chi connectivity index (χ3v) is 2.35. The molecule has 1 fully saturated rings. The van der Waals surface area contributed by atoms with Crippen LogP contribution in [0.1, 0.15) is 25.5 Å². The molecule has 0 aromatic heterocycles. The molecule has 1 aliphatic heterocycles. The highest BCUT2D eigenvalue weighted by Crippen LogP contribution is 2.37. The zero-order chi connectivity index (χ0) is 10.9. The van der Waals surface area contributed by atoms with E-state index in [1.54, 1.807) is 0 Å². The van der Waals surface area contributed by atoms with Crippen molar-refractivity contribution in [1.82, 2.24) is 0 Å². The average Bonchev–Trinajstić information content (AvgIpc) is 2.55. The van der Waals surface area contributed by atoms with Gasteiger partial charge in [0.1, 0.15) is 6.10 Å². The highest BCUT2D eigenvalue weighted by molar-refractivity contribution is 5.22. The summed E-state index contributed by atoms with van der Waals surface area (Å²) in [5, 5.41) is 8.97. The molecule has 0 amide bonds. The van der Waals surface area contributed by atoms with E-state index >= 15 is 0 Å². The molecule has 78 valence electrons. The number of benzene rings is 1. The van der Waals surface area contributed by atoms with Crippen molar-refractivity contribution in [2.75, 3.05) is 0 Å². The van der Waals surface area contributed by atoms with Crippen LogP contribution < -0.4 is 0 Å². The topological polar surface area (TPSA) is 42.2 Å². The van der Waals surface area contributed by atoms with Gasteiger partial charge >= 0.3 is 0 Å². The van der Waals surface area contributed by atoms with Gasteiger partial charge in [0.05, 0.1) is 6.07 Å². The fourth-order valence-corrected chi connectivity index (χ4v) is 1.74. The quantitative estimate of drug-likeness (QED) is 0.703. The molecule has 0 N–H and O–H groups in total. The number of hydrogen-bond acceptors (Lipinski definition) is 3. The van der Waals surface area contributed by atoms with E-state index in [2.05, 4.69) is 6.07 Å². The minimum absolute atomic E-state index is 0.286. The Morgan fingerprint density at radius 3 is 2.47 bits per heavy atom. The van der Waals surface area contributed by atoms with Crippen molar-refractivity contribution in [2.45, 2.75) is 31.8 Å². The Balaban J connectivity index is 2.27. The van der Waals surface area contributed by atoms with Gasteiger partial charge in [-0.2, -0.15) is 5.26 Å².